The number of likely N-dealkylation sites (N-methyl/N-ethyl adjacent to an activating group) is 1. The molecule has 0 saturated heterocycles. The van der Waals surface area contributed by atoms with E-state index >= 15 is 0 Å². The van der Waals surface area contributed by atoms with E-state index in [0.29, 0.717) is 17.0 Å². The standard InChI is InChI=1S/C17H17N3O2/c1-5-13-7-6-12(11-18-13)17(22)15-9-8-14(20(15)4)10-16(21)19(2)3/h1,6-9,11H,10H2,2-4H3. The highest BCUT2D eigenvalue weighted by atomic mass is 16.2. The SMILES string of the molecule is C#Cc1ccc(C(=O)c2ccc(CC(=O)N(C)C)n2C)cn1. The van der Waals surface area contributed by atoms with Gasteiger partial charge in [-0.1, -0.05) is 5.92 Å². The van der Waals surface area contributed by atoms with Gasteiger partial charge in [0.1, 0.15) is 5.69 Å². The van der Waals surface area contributed by atoms with E-state index in [1.54, 1.807) is 50.0 Å². The van der Waals surface area contributed by atoms with Crippen molar-refractivity contribution in [3.63, 3.8) is 0 Å². The highest BCUT2D eigenvalue weighted by molar-refractivity contribution is 6.08. The number of carbonyl (C=O) groups excluding carboxylic acids is 2. The van der Waals surface area contributed by atoms with Crippen LogP contribution in [-0.4, -0.2) is 40.2 Å². The fraction of sp³-hybridized carbons (Fsp3) is 0.235. The zero-order valence-corrected chi connectivity index (χ0v) is 12.8. The minimum absolute atomic E-state index is 0.0137. The predicted octanol–water partition coefficient (Wildman–Crippen LogP) is 1.26. The van der Waals surface area contributed by atoms with Gasteiger partial charge in [-0.15, -0.1) is 6.42 Å². The maximum atomic E-state index is 12.5. The van der Waals surface area contributed by atoms with Crippen molar-refractivity contribution in [3.8, 4) is 12.3 Å². The Kier molecular flexibility index (Phi) is 4.42. The Balaban J connectivity index is 2.25. The van der Waals surface area contributed by atoms with Gasteiger partial charge in [0.15, 0.2) is 0 Å². The Morgan fingerprint density at radius 3 is 2.55 bits per heavy atom. The van der Waals surface area contributed by atoms with Crippen molar-refractivity contribution < 1.29 is 9.59 Å². The van der Waals surface area contributed by atoms with E-state index in [1.165, 1.54) is 11.1 Å². The molecule has 2 aromatic rings. The number of terminal acetylenes is 1. The van der Waals surface area contributed by atoms with Crippen molar-refractivity contribution in [2.45, 2.75) is 6.42 Å². The summed E-state index contributed by atoms with van der Waals surface area (Å²) in [6.45, 7) is 0. The Hall–Kier alpha value is -2.87. The lowest BCUT2D eigenvalue weighted by Crippen LogP contribution is -2.24. The number of nitrogens with zero attached hydrogens (tertiary/aromatic N) is 3. The second-order valence-corrected chi connectivity index (χ2v) is 5.14. The van der Waals surface area contributed by atoms with Crippen LogP contribution in [0.2, 0.25) is 0 Å². The fourth-order valence-electron chi connectivity index (χ4n) is 2.03. The minimum Gasteiger partial charge on any atom is -0.348 e. The lowest BCUT2D eigenvalue weighted by atomic mass is 10.1. The zero-order chi connectivity index (χ0) is 16.3. The van der Waals surface area contributed by atoms with Crippen molar-refractivity contribution in [2.75, 3.05) is 14.1 Å². The van der Waals surface area contributed by atoms with E-state index in [4.69, 9.17) is 6.42 Å². The first kappa shape index (κ1) is 15.5. The van der Waals surface area contributed by atoms with Crippen molar-refractivity contribution in [1.82, 2.24) is 14.5 Å². The quantitative estimate of drug-likeness (QED) is 0.630. The smallest absolute Gasteiger partial charge is 0.227 e. The van der Waals surface area contributed by atoms with E-state index in [2.05, 4.69) is 10.9 Å². The monoisotopic (exact) mass is 295 g/mol. The molecular weight excluding hydrogens is 278 g/mol. The van der Waals surface area contributed by atoms with Crippen LogP contribution in [0, 0.1) is 12.3 Å². The third-order valence-electron chi connectivity index (χ3n) is 3.46. The first-order valence-corrected chi connectivity index (χ1v) is 6.76. The van der Waals surface area contributed by atoms with E-state index < -0.39 is 0 Å². The lowest BCUT2D eigenvalue weighted by Gasteiger charge is -2.11. The van der Waals surface area contributed by atoms with Crippen LogP contribution in [0.3, 0.4) is 0 Å². The van der Waals surface area contributed by atoms with Crippen molar-refractivity contribution in [2.24, 2.45) is 7.05 Å². The van der Waals surface area contributed by atoms with Crippen molar-refractivity contribution in [3.05, 3.63) is 53.1 Å². The number of carbonyl (C=O) groups is 2. The highest BCUT2D eigenvalue weighted by Gasteiger charge is 2.17. The molecule has 0 saturated carbocycles. The van der Waals surface area contributed by atoms with Gasteiger partial charge >= 0.3 is 0 Å². The average Bonchev–Trinajstić information content (AvgIpc) is 2.87. The van der Waals surface area contributed by atoms with Crippen LogP contribution in [0.1, 0.15) is 27.4 Å². The summed E-state index contributed by atoms with van der Waals surface area (Å²) in [7, 11) is 5.18. The van der Waals surface area contributed by atoms with Crippen LogP contribution in [0.4, 0.5) is 0 Å². The first-order valence-electron chi connectivity index (χ1n) is 6.76. The number of rotatable bonds is 4. The van der Waals surface area contributed by atoms with E-state index in [-0.39, 0.29) is 18.1 Å². The summed E-state index contributed by atoms with van der Waals surface area (Å²) < 4.78 is 1.73. The number of hydrogen-bond donors (Lipinski definition) is 0. The van der Waals surface area contributed by atoms with Gasteiger partial charge in [0.2, 0.25) is 11.7 Å². The van der Waals surface area contributed by atoms with Gasteiger partial charge in [-0.05, 0) is 24.3 Å². The van der Waals surface area contributed by atoms with E-state index in [1.807, 2.05) is 0 Å². The molecular formula is C17H17N3O2. The number of amides is 1. The van der Waals surface area contributed by atoms with Gasteiger partial charge in [-0.3, -0.25) is 9.59 Å². The minimum atomic E-state index is -0.151. The Bertz CT molecular complexity index is 749. The van der Waals surface area contributed by atoms with Crippen LogP contribution in [0.5, 0.6) is 0 Å². The molecule has 0 aliphatic heterocycles. The molecule has 2 aromatic heterocycles. The van der Waals surface area contributed by atoms with Crippen LogP contribution in [0.25, 0.3) is 0 Å². The molecule has 5 heteroatoms. The van der Waals surface area contributed by atoms with Gasteiger partial charge in [-0.2, -0.15) is 0 Å². The molecule has 0 aliphatic carbocycles. The van der Waals surface area contributed by atoms with Crippen LogP contribution < -0.4 is 0 Å². The van der Waals surface area contributed by atoms with Crippen LogP contribution >= 0.6 is 0 Å². The predicted molar refractivity (Wildman–Crippen MR) is 83.4 cm³/mol. The summed E-state index contributed by atoms with van der Waals surface area (Å²) in [6.07, 6.45) is 6.97. The summed E-state index contributed by atoms with van der Waals surface area (Å²) in [5.74, 6) is 2.25. The van der Waals surface area contributed by atoms with E-state index in [9.17, 15) is 9.59 Å². The molecule has 0 unspecified atom stereocenters. The third-order valence-corrected chi connectivity index (χ3v) is 3.46. The molecule has 0 aliphatic rings. The molecule has 112 valence electrons. The largest absolute Gasteiger partial charge is 0.348 e. The van der Waals surface area contributed by atoms with Gasteiger partial charge in [-0.25, -0.2) is 4.98 Å². The van der Waals surface area contributed by atoms with Gasteiger partial charge in [0.05, 0.1) is 12.1 Å². The molecule has 0 atom stereocenters. The Morgan fingerprint density at radius 2 is 2.00 bits per heavy atom. The summed E-state index contributed by atoms with van der Waals surface area (Å²) in [5, 5.41) is 0. The average molecular weight is 295 g/mol. The molecule has 0 spiro atoms. The topological polar surface area (TPSA) is 55.2 Å². The van der Waals surface area contributed by atoms with Crippen molar-refractivity contribution in [1.29, 1.82) is 0 Å². The third kappa shape index (κ3) is 3.07. The molecule has 0 aromatic carbocycles. The maximum absolute atomic E-state index is 12.5. The fourth-order valence-corrected chi connectivity index (χ4v) is 2.03. The zero-order valence-electron chi connectivity index (χ0n) is 12.8. The molecule has 2 rings (SSSR count). The normalized spacial score (nSPS) is 10.1. The molecule has 1 amide bonds. The summed E-state index contributed by atoms with van der Waals surface area (Å²) in [6, 6.07) is 6.79. The molecule has 0 N–H and O–H groups in total. The number of aromatic nitrogens is 2. The second-order valence-electron chi connectivity index (χ2n) is 5.14. The second kappa shape index (κ2) is 6.27. The van der Waals surface area contributed by atoms with Crippen LogP contribution in [0.15, 0.2) is 30.5 Å². The van der Waals surface area contributed by atoms with Gasteiger partial charge < -0.3 is 9.47 Å². The summed E-state index contributed by atoms with van der Waals surface area (Å²) in [4.78, 5) is 29.8. The Labute approximate surface area is 129 Å². The van der Waals surface area contributed by atoms with E-state index in [0.717, 1.165) is 5.69 Å². The van der Waals surface area contributed by atoms with Crippen molar-refractivity contribution >= 4 is 11.7 Å². The number of pyridine rings is 1. The molecule has 22 heavy (non-hydrogen) atoms. The first-order chi connectivity index (χ1) is 10.4. The molecule has 0 bridgehead atoms. The Morgan fingerprint density at radius 1 is 1.27 bits per heavy atom. The van der Waals surface area contributed by atoms with Gasteiger partial charge in [0, 0.05) is 38.6 Å². The summed E-state index contributed by atoms with van der Waals surface area (Å²) in [5.41, 5.74) is 2.25. The molecule has 2 heterocycles. The molecule has 0 radical (unpaired) electrons. The summed E-state index contributed by atoms with van der Waals surface area (Å²) >= 11 is 0. The number of hydrogen-bond acceptors (Lipinski definition) is 3. The van der Waals surface area contributed by atoms with Crippen LogP contribution in [-0.2, 0) is 18.3 Å². The highest BCUT2D eigenvalue weighted by Crippen LogP contribution is 2.14. The maximum Gasteiger partial charge on any atom is 0.227 e. The van der Waals surface area contributed by atoms with Gasteiger partial charge in [0.25, 0.3) is 0 Å². The molecule has 0 fully saturated rings. The lowest BCUT2D eigenvalue weighted by molar-refractivity contribution is -0.128. The molecule has 5 nitrogen and oxygen atoms in total. The number of ketones is 1.